The van der Waals surface area contributed by atoms with E-state index >= 15 is 0 Å². The molecule has 4 saturated carbocycles. The summed E-state index contributed by atoms with van der Waals surface area (Å²) in [6.07, 6.45) is 10.7. The molecule has 158 valence electrons. The molecule has 0 saturated heterocycles. The van der Waals surface area contributed by atoms with E-state index in [0.29, 0.717) is 30.3 Å². The monoisotopic (exact) mass is 398 g/mol. The van der Waals surface area contributed by atoms with Crippen LogP contribution in [0.3, 0.4) is 0 Å². The molecule has 0 heterocycles. The van der Waals surface area contributed by atoms with Gasteiger partial charge in [-0.25, -0.2) is 4.79 Å². The summed E-state index contributed by atoms with van der Waals surface area (Å²) < 4.78 is 5.15. The minimum atomic E-state index is -0.362. The summed E-state index contributed by atoms with van der Waals surface area (Å²) in [7, 11) is 0. The van der Waals surface area contributed by atoms with E-state index in [0.717, 1.165) is 49.1 Å². The lowest BCUT2D eigenvalue weighted by Crippen LogP contribution is -2.50. The van der Waals surface area contributed by atoms with E-state index < -0.39 is 0 Å². The van der Waals surface area contributed by atoms with Crippen molar-refractivity contribution in [2.75, 3.05) is 13.1 Å². The molecule has 0 aromatic heterocycles. The van der Waals surface area contributed by atoms with Gasteiger partial charge >= 0.3 is 6.09 Å². The first kappa shape index (κ1) is 20.4. The zero-order valence-corrected chi connectivity index (χ0v) is 17.3. The van der Waals surface area contributed by atoms with Crippen LogP contribution in [0.1, 0.15) is 63.4 Å². The number of amides is 1. The van der Waals surface area contributed by atoms with Crippen LogP contribution in [-0.2, 0) is 16.1 Å². The molecule has 4 aliphatic carbocycles. The molecule has 4 aliphatic rings. The maximum atomic E-state index is 11.6. The fourth-order valence-electron chi connectivity index (χ4n) is 5.80. The molecule has 0 unspecified atom stereocenters. The zero-order valence-electron chi connectivity index (χ0n) is 17.3. The van der Waals surface area contributed by atoms with Crippen LogP contribution in [0.15, 0.2) is 30.3 Å². The first-order chi connectivity index (χ1) is 14.0. The number of ketones is 1. The number of benzene rings is 1. The first-order valence-corrected chi connectivity index (χ1v) is 11.2. The Kier molecular flexibility index (Phi) is 5.95. The van der Waals surface area contributed by atoms with Crippen molar-refractivity contribution in [2.24, 2.45) is 28.4 Å². The zero-order chi connectivity index (χ0) is 20.3. The van der Waals surface area contributed by atoms with Crippen molar-refractivity contribution in [3.63, 3.8) is 0 Å². The molecule has 0 aliphatic heterocycles. The molecular formula is C24H34N2O3. The fraction of sp³-hybridized carbons (Fsp3) is 0.667. The number of nitrogens with one attached hydrogen (secondary N) is 1. The Hall–Kier alpha value is -1.88. The number of nitrogens with two attached hydrogens (primary N) is 1. The lowest BCUT2D eigenvalue weighted by Gasteiger charge is -2.54. The van der Waals surface area contributed by atoms with Crippen LogP contribution >= 0.6 is 0 Å². The van der Waals surface area contributed by atoms with Gasteiger partial charge in [-0.1, -0.05) is 36.8 Å². The van der Waals surface area contributed by atoms with Crippen LogP contribution in [0.4, 0.5) is 4.79 Å². The summed E-state index contributed by atoms with van der Waals surface area (Å²) in [5.74, 6) is 1.79. The highest BCUT2D eigenvalue weighted by Gasteiger charge is 2.52. The van der Waals surface area contributed by atoms with Crippen molar-refractivity contribution < 1.29 is 14.3 Å². The molecule has 3 N–H and O–H groups in total. The van der Waals surface area contributed by atoms with E-state index in [9.17, 15) is 9.59 Å². The van der Waals surface area contributed by atoms with Crippen LogP contribution in [-0.4, -0.2) is 25.0 Å². The molecule has 5 heteroatoms. The van der Waals surface area contributed by atoms with E-state index in [1.165, 1.54) is 32.1 Å². The maximum Gasteiger partial charge on any atom is 0.407 e. The van der Waals surface area contributed by atoms with Crippen molar-refractivity contribution in [3.8, 4) is 0 Å². The summed E-state index contributed by atoms with van der Waals surface area (Å²) >= 11 is 0. The van der Waals surface area contributed by atoms with Gasteiger partial charge < -0.3 is 15.8 Å². The van der Waals surface area contributed by atoms with Gasteiger partial charge in [0.05, 0.1) is 0 Å². The number of hydrogen-bond donors (Lipinski definition) is 2. The highest BCUT2D eigenvalue weighted by molar-refractivity contribution is 5.86. The Morgan fingerprint density at radius 1 is 1.03 bits per heavy atom. The molecule has 1 aromatic carbocycles. The van der Waals surface area contributed by atoms with E-state index in [-0.39, 0.29) is 6.09 Å². The Morgan fingerprint density at radius 2 is 1.69 bits per heavy atom. The van der Waals surface area contributed by atoms with E-state index in [1.807, 2.05) is 30.3 Å². The molecule has 4 fully saturated rings. The second kappa shape index (κ2) is 8.47. The van der Waals surface area contributed by atoms with Crippen LogP contribution in [0.5, 0.6) is 0 Å². The van der Waals surface area contributed by atoms with Gasteiger partial charge in [0.15, 0.2) is 0 Å². The number of Topliss-reactive ketones (excluding diaryl/α,β-unsaturated/α-hetero) is 1. The fourth-order valence-corrected chi connectivity index (χ4v) is 5.80. The highest BCUT2D eigenvalue weighted by atomic mass is 16.5. The number of carbonyl (C=O) groups is 2. The average Bonchev–Trinajstić information content (AvgIpc) is 2.60. The number of ether oxygens (including phenoxy) is 1. The Balaban J connectivity index is 0.000000188. The third-order valence-corrected chi connectivity index (χ3v) is 7.53. The Bertz CT molecular complexity index is 705. The number of alkyl carbamates (subject to hydrolysis) is 1. The maximum absolute atomic E-state index is 11.6. The summed E-state index contributed by atoms with van der Waals surface area (Å²) in [6, 6.07) is 9.63. The van der Waals surface area contributed by atoms with Crippen LogP contribution in [0.25, 0.3) is 0 Å². The smallest absolute Gasteiger partial charge is 0.407 e. The number of hydrogen-bond acceptors (Lipinski definition) is 4. The summed E-state index contributed by atoms with van der Waals surface area (Å²) in [5.41, 5.74) is 7.66. The van der Waals surface area contributed by atoms with Gasteiger partial charge in [-0.15, -0.1) is 0 Å². The lowest BCUT2D eigenvalue weighted by atomic mass is 9.51. The highest BCUT2D eigenvalue weighted by Crippen LogP contribution is 2.58. The second-order valence-electron chi connectivity index (χ2n) is 9.97. The standard InChI is InChI=1S/C16H19NO3.C8H15N/c18-14-8-16(9-14)6-13(7-16)10-17-15(19)20-11-12-4-2-1-3-5-12;9-6-7-4-8(5-7)2-1-3-8/h1-5,13H,6-11H2,(H,17,19);7H,1-6,9H2. The van der Waals surface area contributed by atoms with Gasteiger partial charge in [-0.3, -0.25) is 4.79 Å². The Morgan fingerprint density at radius 3 is 2.24 bits per heavy atom. The largest absolute Gasteiger partial charge is 0.445 e. The SMILES string of the molecule is NCC1CC2(CCC2)C1.O=C1CC2(C1)CC(CNC(=O)OCc1ccccc1)C2. The minimum absolute atomic E-state index is 0.301. The van der Waals surface area contributed by atoms with Crippen molar-refractivity contribution in [2.45, 2.75) is 64.4 Å². The molecule has 1 aromatic rings. The van der Waals surface area contributed by atoms with Crippen LogP contribution in [0, 0.1) is 22.7 Å². The second-order valence-corrected chi connectivity index (χ2v) is 9.97. The molecule has 5 nitrogen and oxygen atoms in total. The average molecular weight is 399 g/mol. The van der Waals surface area contributed by atoms with Gasteiger partial charge in [0.2, 0.25) is 0 Å². The normalized spacial score (nSPS) is 23.7. The third kappa shape index (κ3) is 4.82. The van der Waals surface area contributed by atoms with Gasteiger partial charge in [-0.05, 0) is 73.3 Å². The van der Waals surface area contributed by atoms with E-state index in [1.54, 1.807) is 0 Å². The van der Waals surface area contributed by atoms with Crippen LogP contribution in [0.2, 0.25) is 0 Å². The number of carbonyl (C=O) groups excluding carboxylic acids is 2. The summed E-state index contributed by atoms with van der Waals surface area (Å²) in [4.78, 5) is 22.6. The van der Waals surface area contributed by atoms with Gasteiger partial charge in [0.25, 0.3) is 0 Å². The predicted molar refractivity (Wildman–Crippen MR) is 112 cm³/mol. The van der Waals surface area contributed by atoms with E-state index in [4.69, 9.17) is 10.5 Å². The van der Waals surface area contributed by atoms with Crippen molar-refractivity contribution in [1.82, 2.24) is 5.32 Å². The minimum Gasteiger partial charge on any atom is -0.445 e. The van der Waals surface area contributed by atoms with Gasteiger partial charge in [-0.2, -0.15) is 0 Å². The topological polar surface area (TPSA) is 81.4 Å². The van der Waals surface area contributed by atoms with Crippen molar-refractivity contribution >= 4 is 11.9 Å². The van der Waals surface area contributed by atoms with Gasteiger partial charge in [0.1, 0.15) is 12.4 Å². The third-order valence-electron chi connectivity index (χ3n) is 7.53. The molecule has 29 heavy (non-hydrogen) atoms. The molecule has 0 atom stereocenters. The molecule has 5 rings (SSSR count). The first-order valence-electron chi connectivity index (χ1n) is 11.2. The number of rotatable bonds is 5. The summed E-state index contributed by atoms with van der Waals surface area (Å²) in [5, 5.41) is 2.81. The van der Waals surface area contributed by atoms with E-state index in [2.05, 4.69) is 5.32 Å². The van der Waals surface area contributed by atoms with Crippen LogP contribution < -0.4 is 11.1 Å². The molecule has 2 spiro atoms. The van der Waals surface area contributed by atoms with Crippen molar-refractivity contribution in [1.29, 1.82) is 0 Å². The predicted octanol–water partition coefficient (Wildman–Crippen LogP) is 4.20. The molecule has 0 radical (unpaired) electrons. The van der Waals surface area contributed by atoms with Gasteiger partial charge in [0, 0.05) is 19.4 Å². The Labute approximate surface area is 173 Å². The lowest BCUT2D eigenvalue weighted by molar-refractivity contribution is -0.141. The molecule has 1 amide bonds. The molecular weight excluding hydrogens is 364 g/mol. The quantitative estimate of drug-likeness (QED) is 0.779. The summed E-state index contributed by atoms with van der Waals surface area (Å²) in [6.45, 7) is 1.89. The molecule has 0 bridgehead atoms. The van der Waals surface area contributed by atoms with Crippen molar-refractivity contribution in [3.05, 3.63) is 35.9 Å².